The van der Waals surface area contributed by atoms with Gasteiger partial charge in [-0.15, -0.1) is 23.1 Å². The summed E-state index contributed by atoms with van der Waals surface area (Å²) in [4.78, 5) is 30.4. The van der Waals surface area contributed by atoms with Gasteiger partial charge in [0.05, 0.1) is 23.2 Å². The topological polar surface area (TPSA) is 70.5 Å². The normalized spacial score (nSPS) is 11.0. The second-order valence-corrected chi connectivity index (χ2v) is 8.54. The molecule has 2 aromatic carbocycles. The molecule has 0 atom stereocenters. The first kappa shape index (κ1) is 21.2. The molecule has 0 saturated carbocycles. The van der Waals surface area contributed by atoms with E-state index in [2.05, 4.69) is 4.98 Å². The number of hydrogen-bond donors (Lipinski definition) is 1. The Hall–Kier alpha value is -2.52. The molecule has 1 aromatic heterocycles. The number of anilines is 1. The van der Waals surface area contributed by atoms with Crippen LogP contribution in [0.25, 0.3) is 10.2 Å². The van der Waals surface area contributed by atoms with Crippen LogP contribution in [0.15, 0.2) is 41.3 Å². The van der Waals surface area contributed by atoms with Gasteiger partial charge >= 0.3 is 5.97 Å². The molecular weight excluding hydrogens is 418 g/mol. The summed E-state index contributed by atoms with van der Waals surface area (Å²) >= 11 is 2.59. The summed E-state index contributed by atoms with van der Waals surface area (Å²) in [6.07, 6.45) is -0.465. The molecule has 29 heavy (non-hydrogen) atoms. The van der Waals surface area contributed by atoms with Crippen LogP contribution < -0.4 is 4.90 Å². The first-order valence-corrected chi connectivity index (χ1v) is 10.7. The maximum absolute atomic E-state index is 14.0. The van der Waals surface area contributed by atoms with Crippen molar-refractivity contribution in [3.63, 3.8) is 0 Å². The lowest BCUT2D eigenvalue weighted by molar-refractivity contribution is -0.138. The maximum Gasteiger partial charge on any atom is 0.303 e. The Kier molecular flexibility index (Phi) is 6.81. The summed E-state index contributed by atoms with van der Waals surface area (Å²) in [5, 5.41) is 9.34. The summed E-state index contributed by atoms with van der Waals surface area (Å²) in [5.74, 6) is -2.50. The van der Waals surface area contributed by atoms with E-state index in [1.165, 1.54) is 11.0 Å². The van der Waals surface area contributed by atoms with Crippen LogP contribution in [0.5, 0.6) is 0 Å². The molecule has 0 spiro atoms. The monoisotopic (exact) mass is 436 g/mol. The lowest BCUT2D eigenvalue weighted by Crippen LogP contribution is -2.30. The van der Waals surface area contributed by atoms with Crippen molar-refractivity contribution in [3.05, 3.63) is 53.0 Å². The fourth-order valence-corrected chi connectivity index (χ4v) is 4.46. The Bertz CT molecular complexity index is 1060. The first-order chi connectivity index (χ1) is 13.9. The number of carbonyl (C=O) groups excluding carboxylic acids is 1. The Morgan fingerprint density at radius 2 is 2.00 bits per heavy atom. The highest BCUT2D eigenvalue weighted by Gasteiger charge is 2.21. The van der Waals surface area contributed by atoms with E-state index in [9.17, 15) is 18.4 Å². The maximum atomic E-state index is 14.0. The van der Waals surface area contributed by atoms with Crippen LogP contribution >= 0.6 is 23.1 Å². The molecule has 0 fully saturated rings. The molecule has 0 unspecified atom stereocenters. The number of aromatic nitrogens is 1. The first-order valence-electron chi connectivity index (χ1n) is 8.87. The molecule has 152 valence electrons. The number of benzene rings is 2. The number of aliphatic carboxylic acids is 1. The quantitative estimate of drug-likeness (QED) is 0.499. The molecule has 1 N–H and O–H groups in total. The third kappa shape index (κ3) is 5.10. The number of amides is 1. The molecule has 9 heteroatoms. The van der Waals surface area contributed by atoms with Gasteiger partial charge in [0.25, 0.3) is 0 Å². The van der Waals surface area contributed by atoms with E-state index in [1.54, 1.807) is 17.8 Å². The van der Waals surface area contributed by atoms with E-state index < -0.39 is 17.6 Å². The highest BCUT2D eigenvalue weighted by Crippen LogP contribution is 2.30. The van der Waals surface area contributed by atoms with Crippen molar-refractivity contribution in [2.75, 3.05) is 10.7 Å². The largest absolute Gasteiger partial charge is 0.481 e. The van der Waals surface area contributed by atoms with Crippen LogP contribution in [0.1, 0.15) is 24.8 Å². The highest BCUT2D eigenvalue weighted by molar-refractivity contribution is 7.99. The lowest BCUT2D eigenvalue weighted by atomic mass is 10.2. The molecule has 3 aromatic rings. The van der Waals surface area contributed by atoms with E-state index in [0.29, 0.717) is 16.2 Å². The number of thioether (sulfide) groups is 1. The van der Waals surface area contributed by atoms with Crippen LogP contribution in [-0.2, 0) is 16.1 Å². The Morgan fingerprint density at radius 1 is 1.21 bits per heavy atom. The number of carbonyl (C=O) groups is 2. The molecule has 0 bridgehead atoms. The highest BCUT2D eigenvalue weighted by atomic mass is 32.2. The number of carboxylic acid groups (broad SMARTS) is 1. The second-order valence-electron chi connectivity index (χ2n) is 6.12. The second kappa shape index (κ2) is 9.32. The smallest absolute Gasteiger partial charge is 0.303 e. The fourth-order valence-electron chi connectivity index (χ4n) is 2.76. The Balaban J connectivity index is 1.94. The molecule has 5 nitrogen and oxygen atoms in total. The van der Waals surface area contributed by atoms with E-state index in [1.807, 2.05) is 25.1 Å². The van der Waals surface area contributed by atoms with Crippen LogP contribution in [-0.4, -0.2) is 27.7 Å². The van der Waals surface area contributed by atoms with Crippen molar-refractivity contribution in [2.24, 2.45) is 0 Å². The van der Waals surface area contributed by atoms with Crippen LogP contribution in [0.2, 0.25) is 0 Å². The summed E-state index contributed by atoms with van der Waals surface area (Å²) < 4.78 is 27.6. The average molecular weight is 437 g/mol. The SMILES string of the molecule is CCSc1cccc(N(Cc2nc3ccc(F)c(F)c3s2)C(=O)CCC(=O)O)c1. The number of rotatable bonds is 8. The number of halogens is 2. The number of hydrogen-bond acceptors (Lipinski definition) is 5. The molecular formula is C20H18F2N2O3S2. The molecule has 1 amide bonds. The van der Waals surface area contributed by atoms with Gasteiger partial charge in [0.1, 0.15) is 5.01 Å². The third-order valence-electron chi connectivity index (χ3n) is 4.08. The van der Waals surface area contributed by atoms with Gasteiger partial charge in [0, 0.05) is 17.0 Å². The number of carboxylic acids is 1. The van der Waals surface area contributed by atoms with E-state index in [4.69, 9.17) is 5.11 Å². The molecule has 0 aliphatic heterocycles. The van der Waals surface area contributed by atoms with Gasteiger partial charge in [-0.1, -0.05) is 13.0 Å². The number of thiazole rings is 1. The van der Waals surface area contributed by atoms with Crippen LogP contribution in [0, 0.1) is 11.6 Å². The molecule has 3 rings (SSSR count). The molecule has 0 aliphatic carbocycles. The van der Waals surface area contributed by atoms with Crippen molar-refractivity contribution in [2.45, 2.75) is 31.2 Å². The van der Waals surface area contributed by atoms with Gasteiger partial charge in [0.2, 0.25) is 5.91 Å². The summed E-state index contributed by atoms with van der Waals surface area (Å²) in [6, 6.07) is 9.75. The van der Waals surface area contributed by atoms with Gasteiger partial charge in [-0.25, -0.2) is 13.8 Å². The van der Waals surface area contributed by atoms with Gasteiger partial charge in [-0.2, -0.15) is 0 Å². The fraction of sp³-hybridized carbons (Fsp3) is 0.250. The summed E-state index contributed by atoms with van der Waals surface area (Å²) in [7, 11) is 0. The zero-order valence-electron chi connectivity index (χ0n) is 15.5. The molecule has 0 saturated heterocycles. The van der Waals surface area contributed by atoms with Crippen molar-refractivity contribution in [3.8, 4) is 0 Å². The van der Waals surface area contributed by atoms with Crippen LogP contribution in [0.4, 0.5) is 14.5 Å². The van der Waals surface area contributed by atoms with Crippen LogP contribution in [0.3, 0.4) is 0 Å². The zero-order chi connectivity index (χ0) is 21.0. The number of nitrogens with zero attached hydrogens (tertiary/aromatic N) is 2. The average Bonchev–Trinajstić information content (AvgIpc) is 3.11. The Morgan fingerprint density at radius 3 is 2.72 bits per heavy atom. The van der Waals surface area contributed by atoms with Crippen molar-refractivity contribution < 1.29 is 23.5 Å². The predicted octanol–water partition coefficient (Wildman–Crippen LogP) is 5.08. The Labute approximate surface area is 174 Å². The van der Waals surface area contributed by atoms with Crippen molar-refractivity contribution >= 4 is 50.9 Å². The minimum Gasteiger partial charge on any atom is -0.481 e. The van der Waals surface area contributed by atoms with Gasteiger partial charge < -0.3 is 10.0 Å². The molecule has 0 aliphatic rings. The van der Waals surface area contributed by atoms with Crippen molar-refractivity contribution in [1.29, 1.82) is 0 Å². The molecule has 1 heterocycles. The summed E-state index contributed by atoms with van der Waals surface area (Å²) in [6.45, 7) is 2.06. The standard InChI is InChI=1S/C20H18F2N2O3S2/c1-2-28-13-5-3-4-12(10-13)24(17(25)8-9-18(26)27)11-16-23-15-7-6-14(21)19(22)20(15)29-16/h3-7,10H,2,8-9,11H2,1H3,(H,26,27). The van der Waals surface area contributed by atoms with Gasteiger partial charge in [-0.05, 0) is 36.1 Å². The molecule has 0 radical (unpaired) electrons. The predicted molar refractivity (Wildman–Crippen MR) is 110 cm³/mol. The lowest BCUT2D eigenvalue weighted by Gasteiger charge is -2.22. The van der Waals surface area contributed by atoms with Crippen molar-refractivity contribution in [1.82, 2.24) is 4.98 Å². The van der Waals surface area contributed by atoms with E-state index >= 15 is 0 Å². The minimum atomic E-state index is -1.06. The van der Waals surface area contributed by atoms with Gasteiger partial charge in [-0.3, -0.25) is 9.59 Å². The van der Waals surface area contributed by atoms with E-state index in [-0.39, 0.29) is 30.0 Å². The zero-order valence-corrected chi connectivity index (χ0v) is 17.2. The minimum absolute atomic E-state index is 0.0408. The number of fused-ring (bicyclic) bond motifs is 1. The third-order valence-corrected chi connectivity index (χ3v) is 6.01. The van der Waals surface area contributed by atoms with Gasteiger partial charge in [0.15, 0.2) is 11.6 Å². The summed E-state index contributed by atoms with van der Waals surface area (Å²) in [5.41, 5.74) is 0.918. The van der Waals surface area contributed by atoms with E-state index in [0.717, 1.165) is 28.1 Å².